The maximum absolute atomic E-state index is 5.81. The summed E-state index contributed by atoms with van der Waals surface area (Å²) in [5, 5.41) is 3.33. The highest BCUT2D eigenvalue weighted by atomic mass is 16.5. The van der Waals surface area contributed by atoms with Gasteiger partial charge in [-0.05, 0) is 39.0 Å². The van der Waals surface area contributed by atoms with Crippen LogP contribution in [0.1, 0.15) is 50.7 Å². The first-order valence-electron chi connectivity index (χ1n) is 6.95. The number of aromatic nitrogens is 2. The van der Waals surface area contributed by atoms with Gasteiger partial charge in [-0.3, -0.25) is 0 Å². The zero-order chi connectivity index (χ0) is 13.0. The van der Waals surface area contributed by atoms with Crippen molar-refractivity contribution in [1.29, 1.82) is 0 Å². The molecule has 1 aliphatic rings. The number of aryl methyl sites for hydroxylation is 1. The van der Waals surface area contributed by atoms with E-state index in [1.54, 1.807) is 0 Å². The smallest absolute Gasteiger partial charge is 0.160 e. The molecule has 0 aromatic carbocycles. The molecule has 1 saturated carbocycles. The molecule has 1 N–H and O–H groups in total. The summed E-state index contributed by atoms with van der Waals surface area (Å²) in [6.45, 7) is 7.85. The van der Waals surface area contributed by atoms with Crippen molar-refractivity contribution >= 4 is 5.82 Å². The number of hydrogen-bond acceptors (Lipinski definition) is 4. The summed E-state index contributed by atoms with van der Waals surface area (Å²) < 4.78 is 5.81. The molecule has 0 aliphatic heterocycles. The number of nitrogens with zero attached hydrogens (tertiary/aromatic N) is 2. The van der Waals surface area contributed by atoms with E-state index >= 15 is 0 Å². The van der Waals surface area contributed by atoms with Gasteiger partial charge in [0, 0.05) is 24.9 Å². The molecule has 1 heterocycles. The van der Waals surface area contributed by atoms with Gasteiger partial charge in [0.25, 0.3) is 0 Å². The molecule has 1 fully saturated rings. The molecule has 4 nitrogen and oxygen atoms in total. The molecule has 0 bridgehead atoms. The fourth-order valence-corrected chi connectivity index (χ4v) is 2.06. The van der Waals surface area contributed by atoms with Gasteiger partial charge in [-0.1, -0.05) is 6.92 Å². The van der Waals surface area contributed by atoms with Crippen molar-refractivity contribution in [3.8, 4) is 0 Å². The summed E-state index contributed by atoms with van der Waals surface area (Å²) in [5.41, 5.74) is 1.00. The SMILES string of the molecule is CCCNc1cc(C)nc(C(OCC)C2CC2)n1. The lowest BCUT2D eigenvalue weighted by molar-refractivity contribution is 0.0400. The van der Waals surface area contributed by atoms with Crippen molar-refractivity contribution in [2.75, 3.05) is 18.5 Å². The quantitative estimate of drug-likeness (QED) is 0.806. The Hall–Kier alpha value is -1.16. The van der Waals surface area contributed by atoms with Crippen molar-refractivity contribution < 1.29 is 4.74 Å². The van der Waals surface area contributed by atoms with Gasteiger partial charge >= 0.3 is 0 Å². The monoisotopic (exact) mass is 249 g/mol. The summed E-state index contributed by atoms with van der Waals surface area (Å²) in [7, 11) is 0. The van der Waals surface area contributed by atoms with Crippen LogP contribution >= 0.6 is 0 Å². The fraction of sp³-hybridized carbons (Fsp3) is 0.714. The second-order valence-corrected chi connectivity index (χ2v) is 4.89. The largest absolute Gasteiger partial charge is 0.370 e. The Morgan fingerprint density at radius 1 is 1.39 bits per heavy atom. The summed E-state index contributed by atoms with van der Waals surface area (Å²) in [4.78, 5) is 9.15. The van der Waals surface area contributed by atoms with E-state index in [4.69, 9.17) is 4.74 Å². The Morgan fingerprint density at radius 2 is 2.17 bits per heavy atom. The van der Waals surface area contributed by atoms with Crippen LogP contribution in [-0.4, -0.2) is 23.1 Å². The first kappa shape index (κ1) is 13.3. The molecule has 1 unspecified atom stereocenters. The van der Waals surface area contributed by atoms with E-state index in [2.05, 4.69) is 22.2 Å². The van der Waals surface area contributed by atoms with Crippen molar-refractivity contribution in [3.05, 3.63) is 17.6 Å². The van der Waals surface area contributed by atoms with Crippen LogP contribution in [0, 0.1) is 12.8 Å². The zero-order valence-electron chi connectivity index (χ0n) is 11.6. The van der Waals surface area contributed by atoms with Crippen LogP contribution in [-0.2, 0) is 4.74 Å². The van der Waals surface area contributed by atoms with Crippen LogP contribution in [0.3, 0.4) is 0 Å². The number of anilines is 1. The Balaban J connectivity index is 2.16. The van der Waals surface area contributed by atoms with E-state index < -0.39 is 0 Å². The van der Waals surface area contributed by atoms with Crippen LogP contribution in [0.5, 0.6) is 0 Å². The molecule has 4 heteroatoms. The third-order valence-corrected chi connectivity index (χ3v) is 3.08. The maximum Gasteiger partial charge on any atom is 0.160 e. The predicted molar refractivity (Wildman–Crippen MR) is 72.6 cm³/mol. The van der Waals surface area contributed by atoms with E-state index in [-0.39, 0.29) is 6.10 Å². The second-order valence-electron chi connectivity index (χ2n) is 4.89. The number of ether oxygens (including phenoxy) is 1. The zero-order valence-corrected chi connectivity index (χ0v) is 11.6. The van der Waals surface area contributed by atoms with Gasteiger partial charge in [0.2, 0.25) is 0 Å². The highest BCUT2D eigenvalue weighted by molar-refractivity contribution is 5.36. The molecule has 1 aliphatic carbocycles. The summed E-state index contributed by atoms with van der Waals surface area (Å²) in [6, 6.07) is 2.00. The number of hydrogen-bond donors (Lipinski definition) is 1. The Morgan fingerprint density at radius 3 is 2.78 bits per heavy atom. The summed E-state index contributed by atoms with van der Waals surface area (Å²) >= 11 is 0. The average molecular weight is 249 g/mol. The molecule has 1 atom stereocenters. The van der Waals surface area contributed by atoms with E-state index in [1.165, 1.54) is 12.8 Å². The van der Waals surface area contributed by atoms with Crippen LogP contribution in [0.4, 0.5) is 5.82 Å². The van der Waals surface area contributed by atoms with Crippen molar-refractivity contribution in [2.24, 2.45) is 5.92 Å². The average Bonchev–Trinajstić information content (AvgIpc) is 3.17. The Kier molecular flexibility index (Phi) is 4.53. The maximum atomic E-state index is 5.81. The van der Waals surface area contributed by atoms with Gasteiger partial charge in [-0.25, -0.2) is 9.97 Å². The van der Waals surface area contributed by atoms with Crippen LogP contribution < -0.4 is 5.32 Å². The van der Waals surface area contributed by atoms with Gasteiger partial charge in [0.05, 0.1) is 0 Å². The topological polar surface area (TPSA) is 47.0 Å². The van der Waals surface area contributed by atoms with E-state index in [0.717, 1.165) is 36.9 Å². The van der Waals surface area contributed by atoms with Gasteiger partial charge in [-0.2, -0.15) is 0 Å². The van der Waals surface area contributed by atoms with E-state index in [0.29, 0.717) is 5.92 Å². The van der Waals surface area contributed by atoms with Gasteiger partial charge in [0.1, 0.15) is 11.9 Å². The van der Waals surface area contributed by atoms with Crippen LogP contribution in [0.15, 0.2) is 6.07 Å². The molecular formula is C14H23N3O. The first-order chi connectivity index (χ1) is 8.74. The number of nitrogens with one attached hydrogen (secondary N) is 1. The third kappa shape index (κ3) is 3.42. The molecular weight excluding hydrogens is 226 g/mol. The summed E-state index contributed by atoms with van der Waals surface area (Å²) in [5.74, 6) is 2.38. The molecule has 2 rings (SSSR count). The minimum absolute atomic E-state index is 0.0806. The Labute approximate surface area is 109 Å². The lowest BCUT2D eigenvalue weighted by atomic mass is 10.2. The molecule has 0 radical (unpaired) electrons. The molecule has 0 saturated heterocycles. The summed E-state index contributed by atoms with van der Waals surface area (Å²) in [6.07, 6.45) is 3.65. The van der Waals surface area contributed by atoms with Crippen molar-refractivity contribution in [1.82, 2.24) is 9.97 Å². The van der Waals surface area contributed by atoms with Crippen LogP contribution in [0.2, 0.25) is 0 Å². The predicted octanol–water partition coefficient (Wildman–Crippen LogP) is 3.09. The number of rotatable bonds is 7. The Bertz CT molecular complexity index is 391. The van der Waals surface area contributed by atoms with Crippen molar-refractivity contribution in [2.45, 2.75) is 46.1 Å². The minimum Gasteiger partial charge on any atom is -0.370 e. The molecule has 1 aromatic heterocycles. The molecule has 1 aromatic rings. The van der Waals surface area contributed by atoms with E-state index in [1.807, 2.05) is 19.9 Å². The third-order valence-electron chi connectivity index (χ3n) is 3.08. The lowest BCUT2D eigenvalue weighted by Gasteiger charge is -2.16. The second kappa shape index (κ2) is 6.14. The van der Waals surface area contributed by atoms with Gasteiger partial charge in [0.15, 0.2) is 5.82 Å². The first-order valence-corrected chi connectivity index (χ1v) is 6.95. The standard InChI is InChI=1S/C14H23N3O/c1-4-8-15-12-9-10(3)16-14(17-12)13(18-5-2)11-6-7-11/h9,11,13H,4-8H2,1-3H3,(H,15,16,17). The highest BCUT2D eigenvalue weighted by Gasteiger charge is 2.35. The lowest BCUT2D eigenvalue weighted by Crippen LogP contribution is -2.13. The van der Waals surface area contributed by atoms with Crippen LogP contribution in [0.25, 0.3) is 0 Å². The fourth-order valence-electron chi connectivity index (χ4n) is 2.06. The van der Waals surface area contributed by atoms with E-state index in [9.17, 15) is 0 Å². The minimum atomic E-state index is 0.0806. The molecule has 0 amide bonds. The molecule has 100 valence electrons. The van der Waals surface area contributed by atoms with Gasteiger partial charge < -0.3 is 10.1 Å². The van der Waals surface area contributed by atoms with Crippen molar-refractivity contribution in [3.63, 3.8) is 0 Å². The highest BCUT2D eigenvalue weighted by Crippen LogP contribution is 2.42. The molecule has 0 spiro atoms. The molecule has 18 heavy (non-hydrogen) atoms. The van der Waals surface area contributed by atoms with Gasteiger partial charge in [-0.15, -0.1) is 0 Å². The normalized spacial score (nSPS) is 16.6.